The lowest BCUT2D eigenvalue weighted by atomic mass is 10.0. The van der Waals surface area contributed by atoms with Crippen molar-refractivity contribution >= 4 is 11.7 Å². The normalized spacial score (nSPS) is 14.1. The van der Waals surface area contributed by atoms with Gasteiger partial charge in [0.2, 0.25) is 5.91 Å². The van der Waals surface area contributed by atoms with Crippen molar-refractivity contribution in [2.45, 2.75) is 39.7 Å². The first-order valence-electron chi connectivity index (χ1n) is 5.19. The van der Waals surface area contributed by atoms with E-state index in [1.165, 1.54) is 0 Å². The van der Waals surface area contributed by atoms with Crippen molar-refractivity contribution in [2.75, 3.05) is 7.05 Å². The van der Waals surface area contributed by atoms with Crippen LogP contribution in [0.3, 0.4) is 0 Å². The molecule has 0 saturated carbocycles. The van der Waals surface area contributed by atoms with Crippen LogP contribution in [0.2, 0.25) is 0 Å². The molecule has 0 aliphatic heterocycles. The van der Waals surface area contributed by atoms with Crippen molar-refractivity contribution in [1.82, 2.24) is 4.90 Å². The summed E-state index contributed by atoms with van der Waals surface area (Å²) in [5.74, 6) is -0.607. The molecular weight excluding hydrogens is 194 g/mol. The van der Waals surface area contributed by atoms with E-state index in [0.717, 1.165) is 6.42 Å². The van der Waals surface area contributed by atoms with Crippen LogP contribution < -0.4 is 5.73 Å². The van der Waals surface area contributed by atoms with Gasteiger partial charge in [0.05, 0.1) is 5.92 Å². The van der Waals surface area contributed by atoms with Gasteiger partial charge in [0, 0.05) is 13.1 Å². The molecule has 0 aliphatic rings. The summed E-state index contributed by atoms with van der Waals surface area (Å²) in [5.41, 5.74) is 5.49. The Balaban J connectivity index is 4.70. The van der Waals surface area contributed by atoms with Crippen LogP contribution in [0.15, 0.2) is 5.16 Å². The number of nitrogens with zero attached hydrogens (tertiary/aromatic N) is 2. The van der Waals surface area contributed by atoms with E-state index in [0.29, 0.717) is 6.42 Å². The summed E-state index contributed by atoms with van der Waals surface area (Å²) in [5, 5.41) is 11.5. The van der Waals surface area contributed by atoms with Gasteiger partial charge in [-0.15, -0.1) is 0 Å². The van der Waals surface area contributed by atoms with Gasteiger partial charge in [-0.25, -0.2) is 0 Å². The van der Waals surface area contributed by atoms with Crippen LogP contribution in [0.25, 0.3) is 0 Å². The Labute approximate surface area is 90.9 Å². The number of oxime groups is 1. The molecule has 0 saturated heterocycles. The van der Waals surface area contributed by atoms with Gasteiger partial charge in [0.1, 0.15) is 0 Å². The van der Waals surface area contributed by atoms with Gasteiger partial charge < -0.3 is 15.8 Å². The second-order valence-corrected chi connectivity index (χ2v) is 3.91. The molecule has 3 N–H and O–H groups in total. The van der Waals surface area contributed by atoms with Gasteiger partial charge in [-0.1, -0.05) is 18.5 Å². The lowest BCUT2D eigenvalue weighted by Crippen LogP contribution is -2.42. The van der Waals surface area contributed by atoms with Crippen LogP contribution >= 0.6 is 0 Å². The topological polar surface area (TPSA) is 78.9 Å². The third-order valence-corrected chi connectivity index (χ3v) is 2.47. The number of hydrogen-bond acceptors (Lipinski definition) is 3. The Kier molecular flexibility index (Phi) is 5.74. The van der Waals surface area contributed by atoms with Gasteiger partial charge in [-0.05, 0) is 20.3 Å². The highest BCUT2D eigenvalue weighted by molar-refractivity contribution is 6.02. The summed E-state index contributed by atoms with van der Waals surface area (Å²) in [6.07, 6.45) is 1.42. The van der Waals surface area contributed by atoms with E-state index >= 15 is 0 Å². The minimum atomic E-state index is -0.507. The molecule has 88 valence electrons. The molecule has 5 nitrogen and oxygen atoms in total. The molecule has 0 aromatic heterocycles. The van der Waals surface area contributed by atoms with Crippen molar-refractivity contribution in [3.63, 3.8) is 0 Å². The lowest BCUT2D eigenvalue weighted by Gasteiger charge is -2.26. The van der Waals surface area contributed by atoms with E-state index in [-0.39, 0.29) is 17.8 Å². The van der Waals surface area contributed by atoms with E-state index in [9.17, 15) is 4.79 Å². The summed E-state index contributed by atoms with van der Waals surface area (Å²) in [6, 6.07) is 0.114. The predicted octanol–water partition coefficient (Wildman–Crippen LogP) is 1.02. The zero-order chi connectivity index (χ0) is 12.0. The summed E-state index contributed by atoms with van der Waals surface area (Å²) in [6.45, 7) is 5.81. The monoisotopic (exact) mass is 215 g/mol. The Hall–Kier alpha value is -1.26. The fourth-order valence-corrected chi connectivity index (χ4v) is 1.26. The van der Waals surface area contributed by atoms with Gasteiger partial charge in [0.25, 0.3) is 0 Å². The van der Waals surface area contributed by atoms with Crippen LogP contribution in [-0.4, -0.2) is 34.9 Å². The number of amides is 1. The molecule has 1 unspecified atom stereocenters. The Morgan fingerprint density at radius 2 is 2.07 bits per heavy atom. The molecule has 0 aromatic rings. The Morgan fingerprint density at radius 1 is 1.53 bits per heavy atom. The van der Waals surface area contributed by atoms with Gasteiger partial charge in [-0.3, -0.25) is 4.79 Å². The molecule has 0 fully saturated rings. The van der Waals surface area contributed by atoms with Crippen LogP contribution in [0.1, 0.15) is 33.6 Å². The zero-order valence-corrected chi connectivity index (χ0v) is 9.90. The van der Waals surface area contributed by atoms with E-state index in [1.807, 2.05) is 20.8 Å². The number of amidine groups is 1. The molecule has 1 amide bonds. The smallest absolute Gasteiger partial charge is 0.233 e. The average molecular weight is 215 g/mol. The third-order valence-electron chi connectivity index (χ3n) is 2.47. The molecule has 0 bridgehead atoms. The maximum Gasteiger partial charge on any atom is 0.233 e. The van der Waals surface area contributed by atoms with E-state index in [4.69, 9.17) is 10.9 Å². The molecule has 1 atom stereocenters. The molecule has 0 radical (unpaired) electrons. The van der Waals surface area contributed by atoms with E-state index < -0.39 is 5.92 Å². The molecule has 0 rings (SSSR count). The van der Waals surface area contributed by atoms with Crippen LogP contribution in [-0.2, 0) is 4.79 Å². The molecule has 0 heterocycles. The highest BCUT2D eigenvalue weighted by atomic mass is 16.4. The van der Waals surface area contributed by atoms with E-state index in [1.54, 1.807) is 11.9 Å². The maximum absolute atomic E-state index is 11.9. The molecule has 0 aromatic carbocycles. The largest absolute Gasteiger partial charge is 0.409 e. The Morgan fingerprint density at radius 3 is 2.40 bits per heavy atom. The van der Waals surface area contributed by atoms with Crippen LogP contribution in [0.5, 0.6) is 0 Å². The lowest BCUT2D eigenvalue weighted by molar-refractivity contribution is -0.133. The minimum absolute atomic E-state index is 0.00523. The third kappa shape index (κ3) is 3.77. The number of nitrogens with two attached hydrogens (primary N) is 1. The van der Waals surface area contributed by atoms with Crippen LogP contribution in [0, 0.1) is 5.92 Å². The average Bonchev–Trinajstić information content (AvgIpc) is 2.22. The molecular formula is C10H21N3O2. The highest BCUT2D eigenvalue weighted by Gasteiger charge is 2.26. The number of carbonyl (C=O) groups is 1. The number of hydrogen-bond donors (Lipinski definition) is 2. The van der Waals surface area contributed by atoms with Gasteiger partial charge >= 0.3 is 0 Å². The van der Waals surface area contributed by atoms with Crippen molar-refractivity contribution in [3.8, 4) is 0 Å². The molecule has 15 heavy (non-hydrogen) atoms. The summed E-state index contributed by atoms with van der Waals surface area (Å²) in [4.78, 5) is 13.5. The predicted molar refractivity (Wildman–Crippen MR) is 59.7 cm³/mol. The van der Waals surface area contributed by atoms with Crippen molar-refractivity contribution in [2.24, 2.45) is 16.8 Å². The SMILES string of the molecule is CCCC(C(=O)N(C)C(C)C)C(N)=NO. The van der Waals surface area contributed by atoms with E-state index in [2.05, 4.69) is 5.16 Å². The summed E-state index contributed by atoms with van der Waals surface area (Å²) in [7, 11) is 1.72. The standard InChI is InChI=1S/C10H21N3O2/c1-5-6-8(9(11)12-15)10(14)13(4)7(2)3/h7-8,15H,5-6H2,1-4H3,(H2,11,12). The first kappa shape index (κ1) is 13.7. The fraction of sp³-hybridized carbons (Fsp3) is 0.800. The first-order chi connectivity index (χ1) is 6.95. The van der Waals surface area contributed by atoms with Gasteiger partial charge in [0.15, 0.2) is 5.84 Å². The number of rotatable bonds is 5. The number of carbonyl (C=O) groups excluding carboxylic acids is 1. The maximum atomic E-state index is 11.9. The van der Waals surface area contributed by atoms with Crippen molar-refractivity contribution < 1.29 is 10.0 Å². The summed E-state index contributed by atoms with van der Waals surface area (Å²) < 4.78 is 0. The van der Waals surface area contributed by atoms with Gasteiger partial charge in [-0.2, -0.15) is 0 Å². The zero-order valence-electron chi connectivity index (χ0n) is 9.90. The summed E-state index contributed by atoms with van der Waals surface area (Å²) >= 11 is 0. The Bertz CT molecular complexity index is 239. The second kappa shape index (κ2) is 6.27. The fourth-order valence-electron chi connectivity index (χ4n) is 1.26. The molecule has 0 spiro atoms. The second-order valence-electron chi connectivity index (χ2n) is 3.91. The van der Waals surface area contributed by atoms with Crippen molar-refractivity contribution in [1.29, 1.82) is 0 Å². The van der Waals surface area contributed by atoms with Crippen molar-refractivity contribution in [3.05, 3.63) is 0 Å². The highest BCUT2D eigenvalue weighted by Crippen LogP contribution is 2.11. The molecule has 5 heteroatoms. The quantitative estimate of drug-likeness (QED) is 0.311. The first-order valence-corrected chi connectivity index (χ1v) is 5.19. The minimum Gasteiger partial charge on any atom is -0.409 e. The molecule has 0 aliphatic carbocycles. The van der Waals surface area contributed by atoms with Crippen LogP contribution in [0.4, 0.5) is 0 Å².